The number of nitrogens with one attached hydrogen (secondary N) is 1. The molecule has 0 saturated heterocycles. The summed E-state index contributed by atoms with van der Waals surface area (Å²) in [5.41, 5.74) is 6.70. The molecule has 1 aromatic heterocycles. The smallest absolute Gasteiger partial charge is 0.0606 e. The quantitative estimate of drug-likeness (QED) is 0.713. The number of aromatic nitrogens is 1. The molecule has 0 bridgehead atoms. The predicted octanol–water partition coefficient (Wildman–Crippen LogP) is 5.97. The molecule has 0 unspecified atom stereocenters. The fourth-order valence-electron chi connectivity index (χ4n) is 2.99. The van der Waals surface area contributed by atoms with Gasteiger partial charge in [-0.3, -0.25) is 0 Å². The number of rotatable bonds is 3. The van der Waals surface area contributed by atoms with E-state index in [1.54, 1.807) is 0 Å². The summed E-state index contributed by atoms with van der Waals surface area (Å²) >= 11 is 3.69. The molecule has 3 rings (SSSR count). The van der Waals surface area contributed by atoms with E-state index in [1.165, 1.54) is 57.0 Å². The van der Waals surface area contributed by atoms with Crippen LogP contribution in [-0.2, 0) is 6.42 Å². The minimum absolute atomic E-state index is 0.985. The molecule has 1 aliphatic rings. The third kappa shape index (κ3) is 2.26. The summed E-state index contributed by atoms with van der Waals surface area (Å²) in [6.45, 7) is 4.51. The van der Waals surface area contributed by atoms with Crippen molar-refractivity contribution < 1.29 is 0 Å². The lowest BCUT2D eigenvalue weighted by Crippen LogP contribution is -1.90. The Hall–Kier alpha value is -1.28. The summed E-state index contributed by atoms with van der Waals surface area (Å²) < 4.78 is 1.17. The number of allylic oxidation sites excluding steroid dienone is 2. The molecule has 1 nitrogen and oxygen atoms in total. The van der Waals surface area contributed by atoms with E-state index in [-0.39, 0.29) is 0 Å². The lowest BCUT2D eigenvalue weighted by Gasteiger charge is -2.07. The Morgan fingerprint density at radius 2 is 2.15 bits per heavy atom. The Morgan fingerprint density at radius 1 is 1.30 bits per heavy atom. The second-order valence-corrected chi connectivity index (χ2v) is 6.33. The zero-order valence-corrected chi connectivity index (χ0v) is 13.7. The third-order valence-corrected chi connectivity index (χ3v) is 4.85. The van der Waals surface area contributed by atoms with Gasteiger partial charge in [-0.25, -0.2) is 0 Å². The van der Waals surface area contributed by atoms with Gasteiger partial charge in [0.15, 0.2) is 0 Å². The van der Waals surface area contributed by atoms with E-state index < -0.39 is 0 Å². The van der Waals surface area contributed by atoms with Gasteiger partial charge in [-0.05, 0) is 59.3 Å². The number of hydrogen-bond donors (Lipinski definition) is 1. The second kappa shape index (κ2) is 5.61. The summed E-state index contributed by atoms with van der Waals surface area (Å²) in [6, 6.07) is 4.51. The summed E-state index contributed by atoms with van der Waals surface area (Å²) in [5, 5.41) is 1.39. The van der Waals surface area contributed by atoms with E-state index in [1.807, 2.05) is 0 Å². The molecule has 1 aliphatic carbocycles. The lowest BCUT2D eigenvalue weighted by molar-refractivity contribution is 0.792. The van der Waals surface area contributed by atoms with E-state index in [2.05, 4.69) is 65.1 Å². The van der Waals surface area contributed by atoms with E-state index in [4.69, 9.17) is 0 Å². The molecule has 1 N–H and O–H groups in total. The molecule has 2 heteroatoms. The molecular formula is C18H20BrN. The van der Waals surface area contributed by atoms with Crippen LogP contribution in [0.4, 0.5) is 0 Å². The van der Waals surface area contributed by atoms with Gasteiger partial charge in [0.2, 0.25) is 0 Å². The average Bonchev–Trinajstić information content (AvgIpc) is 2.73. The van der Waals surface area contributed by atoms with E-state index >= 15 is 0 Å². The van der Waals surface area contributed by atoms with Gasteiger partial charge >= 0.3 is 0 Å². The highest BCUT2D eigenvalue weighted by Crippen LogP contribution is 2.36. The number of unbranched alkanes of at least 4 members (excludes halogenated alkanes) is 1. The highest BCUT2D eigenvalue weighted by Gasteiger charge is 2.16. The van der Waals surface area contributed by atoms with Crippen molar-refractivity contribution in [3.05, 3.63) is 46.7 Å². The van der Waals surface area contributed by atoms with Crippen LogP contribution in [0.5, 0.6) is 0 Å². The van der Waals surface area contributed by atoms with E-state index in [9.17, 15) is 0 Å². The minimum Gasteiger partial charge on any atom is -0.354 e. The Kier molecular flexibility index (Phi) is 3.84. The van der Waals surface area contributed by atoms with Crippen LogP contribution in [0, 0.1) is 6.92 Å². The van der Waals surface area contributed by atoms with Crippen LogP contribution in [0.1, 0.15) is 48.6 Å². The van der Waals surface area contributed by atoms with E-state index in [0.29, 0.717) is 0 Å². The van der Waals surface area contributed by atoms with E-state index in [0.717, 1.165) is 6.42 Å². The van der Waals surface area contributed by atoms with Gasteiger partial charge in [0.05, 0.1) is 5.69 Å². The van der Waals surface area contributed by atoms with Crippen molar-refractivity contribution in [2.75, 3.05) is 0 Å². The maximum atomic E-state index is 3.69. The Bertz CT molecular complexity index is 704. The Balaban J connectivity index is 2.21. The molecule has 0 amide bonds. The largest absolute Gasteiger partial charge is 0.354 e. The third-order valence-electron chi connectivity index (χ3n) is 4.13. The standard InChI is InChI=1S/C18H20BrN/c1-3-4-7-13-10-11-16-17(12(13)2)14-8-5-6-9-15(19)18(14)20-16/h5,8-11,20H,3-4,6-7H2,1-2H3. The van der Waals surface area contributed by atoms with Crippen molar-refractivity contribution in [3.63, 3.8) is 0 Å². The lowest BCUT2D eigenvalue weighted by atomic mass is 9.97. The first-order valence-electron chi connectivity index (χ1n) is 7.39. The summed E-state index contributed by atoms with van der Waals surface area (Å²) in [5.74, 6) is 0. The first-order chi connectivity index (χ1) is 9.72. The van der Waals surface area contributed by atoms with Crippen LogP contribution in [0.2, 0.25) is 0 Å². The molecule has 0 fully saturated rings. The first-order valence-corrected chi connectivity index (χ1v) is 8.18. The normalized spacial score (nSPS) is 14.2. The van der Waals surface area contributed by atoms with Crippen LogP contribution in [0.25, 0.3) is 21.5 Å². The molecule has 0 radical (unpaired) electrons. The molecular weight excluding hydrogens is 310 g/mol. The number of benzene rings is 1. The first kappa shape index (κ1) is 13.7. The minimum atomic E-state index is 0.985. The zero-order valence-electron chi connectivity index (χ0n) is 12.1. The van der Waals surface area contributed by atoms with Crippen molar-refractivity contribution in [2.24, 2.45) is 0 Å². The van der Waals surface area contributed by atoms with Gasteiger partial charge in [0, 0.05) is 20.9 Å². The molecule has 0 atom stereocenters. The zero-order chi connectivity index (χ0) is 14.1. The highest BCUT2D eigenvalue weighted by molar-refractivity contribution is 9.15. The van der Waals surface area contributed by atoms with Crippen molar-refractivity contribution in [3.8, 4) is 0 Å². The summed E-state index contributed by atoms with van der Waals surface area (Å²) in [6.07, 6.45) is 11.4. The van der Waals surface area contributed by atoms with Gasteiger partial charge in [-0.15, -0.1) is 0 Å². The number of aromatic amines is 1. The van der Waals surface area contributed by atoms with Gasteiger partial charge in [0.1, 0.15) is 0 Å². The number of H-pyrrole nitrogens is 1. The number of halogens is 1. The molecule has 104 valence electrons. The molecule has 0 saturated carbocycles. The van der Waals surface area contributed by atoms with Gasteiger partial charge in [-0.2, -0.15) is 0 Å². The van der Waals surface area contributed by atoms with Gasteiger partial charge < -0.3 is 4.98 Å². The maximum absolute atomic E-state index is 3.69. The predicted molar refractivity (Wildman–Crippen MR) is 92.2 cm³/mol. The molecule has 0 spiro atoms. The van der Waals surface area contributed by atoms with Crippen molar-refractivity contribution in [1.82, 2.24) is 4.98 Å². The van der Waals surface area contributed by atoms with Gasteiger partial charge in [-0.1, -0.05) is 37.6 Å². The van der Waals surface area contributed by atoms with Crippen LogP contribution in [0.15, 0.2) is 24.3 Å². The topological polar surface area (TPSA) is 15.8 Å². The Labute approximate surface area is 128 Å². The number of hydrogen-bond acceptors (Lipinski definition) is 0. The van der Waals surface area contributed by atoms with Crippen molar-refractivity contribution in [2.45, 2.75) is 39.5 Å². The number of fused-ring (bicyclic) bond motifs is 3. The second-order valence-electron chi connectivity index (χ2n) is 5.48. The van der Waals surface area contributed by atoms with Crippen LogP contribution in [-0.4, -0.2) is 4.98 Å². The van der Waals surface area contributed by atoms with Gasteiger partial charge in [0.25, 0.3) is 0 Å². The van der Waals surface area contributed by atoms with Crippen molar-refractivity contribution in [1.29, 1.82) is 0 Å². The van der Waals surface area contributed by atoms with Crippen molar-refractivity contribution >= 4 is 37.4 Å². The highest BCUT2D eigenvalue weighted by atomic mass is 79.9. The molecule has 0 aliphatic heterocycles. The van der Waals surface area contributed by atoms with Crippen LogP contribution >= 0.6 is 15.9 Å². The van der Waals surface area contributed by atoms with Crippen LogP contribution < -0.4 is 0 Å². The summed E-state index contributed by atoms with van der Waals surface area (Å²) in [4.78, 5) is 3.56. The molecule has 1 aromatic carbocycles. The fraction of sp³-hybridized carbons (Fsp3) is 0.333. The van der Waals surface area contributed by atoms with Crippen LogP contribution in [0.3, 0.4) is 0 Å². The average molecular weight is 330 g/mol. The monoisotopic (exact) mass is 329 g/mol. The Morgan fingerprint density at radius 3 is 2.95 bits per heavy atom. The molecule has 2 aromatic rings. The molecule has 1 heterocycles. The number of aryl methyl sites for hydroxylation is 2. The SMILES string of the molecule is CCCCc1ccc2[nH]c3c(c2c1C)C=CCC=C3Br. The maximum Gasteiger partial charge on any atom is 0.0606 e. The fourth-order valence-corrected chi connectivity index (χ4v) is 3.49. The summed E-state index contributed by atoms with van der Waals surface area (Å²) in [7, 11) is 0. The molecule has 20 heavy (non-hydrogen) atoms.